The van der Waals surface area contributed by atoms with Gasteiger partial charge >= 0.3 is 0 Å². The highest BCUT2D eigenvalue weighted by Gasteiger charge is 2.13. The Morgan fingerprint density at radius 1 is 1.14 bits per heavy atom. The molecule has 0 fully saturated rings. The van der Waals surface area contributed by atoms with Crippen molar-refractivity contribution in [3.63, 3.8) is 0 Å². The first-order valence-corrected chi connectivity index (χ1v) is 10.5. The standard InChI is InChI=1S/C16H12IO4P/c1-19-14-5-3-2-4-11(14)13-9-20-15-8-10(21-22-17)6-7-12(15)16(13)18/h2-9,22H,1H3. The lowest BCUT2D eigenvalue weighted by atomic mass is 10.0. The lowest BCUT2D eigenvalue weighted by molar-refractivity contribution is 0.416. The van der Waals surface area contributed by atoms with Crippen LogP contribution in [0.5, 0.6) is 11.5 Å². The van der Waals surface area contributed by atoms with Crippen molar-refractivity contribution >= 4 is 39.5 Å². The van der Waals surface area contributed by atoms with Gasteiger partial charge in [-0.1, -0.05) is 18.2 Å². The maximum Gasteiger partial charge on any atom is 0.200 e. The number of hydrogen-bond donors (Lipinski definition) is 0. The number of halogens is 1. The smallest absolute Gasteiger partial charge is 0.200 e. The number of methoxy groups -OCH3 is 1. The van der Waals surface area contributed by atoms with E-state index in [1.165, 1.54) is 6.26 Å². The topological polar surface area (TPSA) is 48.7 Å². The van der Waals surface area contributed by atoms with Crippen LogP contribution >= 0.6 is 28.5 Å². The van der Waals surface area contributed by atoms with Gasteiger partial charge in [-0.25, -0.2) is 0 Å². The molecular formula is C16H12IO4P. The molecule has 1 unspecified atom stereocenters. The second kappa shape index (κ2) is 6.67. The molecule has 0 saturated carbocycles. The first-order valence-electron chi connectivity index (χ1n) is 6.46. The molecule has 3 aromatic rings. The SMILES string of the molecule is COc1ccccc1-c1coc2cc(OPI)ccc2c1=O. The number of hydrogen-bond acceptors (Lipinski definition) is 4. The van der Waals surface area contributed by atoms with E-state index in [1.807, 2.05) is 24.3 Å². The number of benzene rings is 2. The Morgan fingerprint density at radius 2 is 1.95 bits per heavy atom. The van der Waals surface area contributed by atoms with Crippen LogP contribution in [0.25, 0.3) is 22.1 Å². The maximum absolute atomic E-state index is 12.7. The van der Waals surface area contributed by atoms with Crippen LogP contribution in [-0.2, 0) is 0 Å². The summed E-state index contributed by atoms with van der Waals surface area (Å²) in [5, 5.41) is 0.521. The van der Waals surface area contributed by atoms with Gasteiger partial charge in [0.05, 0.1) is 18.1 Å². The summed E-state index contributed by atoms with van der Waals surface area (Å²) in [4.78, 5) is 12.7. The third kappa shape index (κ3) is 2.83. The minimum atomic E-state index is -0.0887. The van der Waals surface area contributed by atoms with Crippen LogP contribution in [-0.4, -0.2) is 7.11 Å². The lowest BCUT2D eigenvalue weighted by Crippen LogP contribution is -2.05. The highest BCUT2D eigenvalue weighted by Crippen LogP contribution is 2.31. The molecule has 0 aliphatic carbocycles. The second-order valence-corrected chi connectivity index (χ2v) is 6.20. The fraction of sp³-hybridized carbons (Fsp3) is 0.0625. The molecule has 4 nitrogen and oxygen atoms in total. The van der Waals surface area contributed by atoms with E-state index in [1.54, 1.807) is 25.3 Å². The fourth-order valence-corrected chi connectivity index (χ4v) is 3.25. The molecule has 112 valence electrons. The van der Waals surface area contributed by atoms with Gasteiger partial charge < -0.3 is 13.7 Å². The molecule has 1 atom stereocenters. The van der Waals surface area contributed by atoms with Gasteiger partial charge in [0.15, 0.2) is 0 Å². The average molecular weight is 426 g/mol. The third-order valence-corrected chi connectivity index (χ3v) is 4.27. The lowest BCUT2D eigenvalue weighted by Gasteiger charge is -2.08. The Bertz CT molecular complexity index is 875. The summed E-state index contributed by atoms with van der Waals surface area (Å²) in [5.41, 5.74) is 1.62. The molecule has 0 spiro atoms. The summed E-state index contributed by atoms with van der Waals surface area (Å²) < 4.78 is 16.4. The number of rotatable bonds is 4. The molecule has 1 aromatic heterocycles. The zero-order valence-corrected chi connectivity index (χ0v) is 14.8. The molecule has 0 bridgehead atoms. The van der Waals surface area contributed by atoms with Crippen LogP contribution in [0, 0.1) is 0 Å². The molecule has 0 N–H and O–H groups in total. The van der Waals surface area contributed by atoms with Gasteiger partial charge in [0, 0.05) is 11.6 Å². The molecule has 3 rings (SSSR count). The molecule has 0 amide bonds. The van der Waals surface area contributed by atoms with Gasteiger partial charge in [0.25, 0.3) is 0 Å². The monoisotopic (exact) mass is 426 g/mol. The van der Waals surface area contributed by atoms with Gasteiger partial charge in [-0.3, -0.25) is 4.79 Å². The van der Waals surface area contributed by atoms with Crippen molar-refractivity contribution in [1.82, 2.24) is 0 Å². The summed E-state index contributed by atoms with van der Waals surface area (Å²) in [5.74, 6) is 1.33. The van der Waals surface area contributed by atoms with E-state index in [2.05, 4.69) is 22.0 Å². The minimum Gasteiger partial charge on any atom is -0.496 e. The molecule has 0 radical (unpaired) electrons. The van der Waals surface area contributed by atoms with Crippen LogP contribution in [0.15, 0.2) is 57.9 Å². The predicted molar refractivity (Wildman–Crippen MR) is 97.4 cm³/mol. The minimum absolute atomic E-state index is 0.0887. The van der Waals surface area contributed by atoms with Crippen molar-refractivity contribution in [2.75, 3.05) is 7.11 Å². The summed E-state index contributed by atoms with van der Waals surface area (Å²) in [6.45, 7) is 0.311. The Kier molecular flexibility index (Phi) is 4.64. The van der Waals surface area contributed by atoms with E-state index in [0.29, 0.717) is 34.5 Å². The van der Waals surface area contributed by atoms with Crippen LogP contribution in [0.1, 0.15) is 0 Å². The molecule has 0 aliphatic rings. The summed E-state index contributed by atoms with van der Waals surface area (Å²) >= 11 is 2.14. The van der Waals surface area contributed by atoms with E-state index >= 15 is 0 Å². The third-order valence-electron chi connectivity index (χ3n) is 3.30. The molecular weight excluding hydrogens is 414 g/mol. The van der Waals surface area contributed by atoms with Crippen LogP contribution in [0.3, 0.4) is 0 Å². The number of ether oxygens (including phenoxy) is 1. The Balaban J connectivity index is 2.19. The molecule has 0 saturated heterocycles. The van der Waals surface area contributed by atoms with Gasteiger partial charge in [-0.05, 0) is 40.2 Å². The van der Waals surface area contributed by atoms with Crippen molar-refractivity contribution in [3.05, 3.63) is 59.0 Å². The van der Waals surface area contributed by atoms with E-state index in [-0.39, 0.29) is 5.43 Å². The zero-order valence-electron chi connectivity index (χ0n) is 11.6. The van der Waals surface area contributed by atoms with Gasteiger partial charge in [-0.2, -0.15) is 0 Å². The Morgan fingerprint density at radius 3 is 2.73 bits per heavy atom. The largest absolute Gasteiger partial charge is 0.496 e. The summed E-state index contributed by atoms with van der Waals surface area (Å²) in [7, 11) is 1.58. The number of para-hydroxylation sites is 1. The Hall–Kier alpha value is -1.59. The normalized spacial score (nSPS) is 11.2. The van der Waals surface area contributed by atoms with E-state index in [0.717, 1.165) is 5.56 Å². The van der Waals surface area contributed by atoms with Crippen LogP contribution in [0.4, 0.5) is 0 Å². The zero-order chi connectivity index (χ0) is 15.5. The average Bonchev–Trinajstić information content (AvgIpc) is 2.55. The molecule has 0 aliphatic heterocycles. The van der Waals surface area contributed by atoms with Crippen molar-refractivity contribution in [2.24, 2.45) is 0 Å². The van der Waals surface area contributed by atoms with Gasteiger partial charge in [0.1, 0.15) is 29.8 Å². The summed E-state index contributed by atoms with van der Waals surface area (Å²) in [6.07, 6.45) is 1.47. The summed E-state index contributed by atoms with van der Waals surface area (Å²) in [6, 6.07) is 12.6. The van der Waals surface area contributed by atoms with E-state index < -0.39 is 0 Å². The molecule has 6 heteroatoms. The molecule has 2 aromatic carbocycles. The molecule has 22 heavy (non-hydrogen) atoms. The van der Waals surface area contributed by atoms with Crippen molar-refractivity contribution in [1.29, 1.82) is 0 Å². The number of fused-ring (bicyclic) bond motifs is 1. The van der Waals surface area contributed by atoms with Crippen molar-refractivity contribution in [3.8, 4) is 22.6 Å². The second-order valence-electron chi connectivity index (χ2n) is 4.52. The quantitative estimate of drug-likeness (QED) is 0.445. The highest BCUT2D eigenvalue weighted by atomic mass is 127. The predicted octanol–water partition coefficient (Wildman–Crippen LogP) is 4.79. The van der Waals surface area contributed by atoms with Gasteiger partial charge in [-0.15, -0.1) is 0 Å². The van der Waals surface area contributed by atoms with E-state index in [4.69, 9.17) is 13.7 Å². The van der Waals surface area contributed by atoms with Crippen LogP contribution in [0.2, 0.25) is 0 Å². The first kappa shape index (κ1) is 15.3. The van der Waals surface area contributed by atoms with Crippen molar-refractivity contribution < 1.29 is 13.7 Å². The van der Waals surface area contributed by atoms with E-state index in [9.17, 15) is 4.79 Å². The molecule has 1 heterocycles. The first-order chi connectivity index (χ1) is 10.7. The Labute approximate surface area is 141 Å². The maximum atomic E-state index is 12.7. The van der Waals surface area contributed by atoms with Crippen molar-refractivity contribution in [2.45, 2.75) is 0 Å². The van der Waals surface area contributed by atoms with Crippen LogP contribution < -0.4 is 14.7 Å². The van der Waals surface area contributed by atoms with Gasteiger partial charge in [0.2, 0.25) is 5.43 Å². The highest BCUT2D eigenvalue weighted by molar-refractivity contribution is 14.2. The fourth-order valence-electron chi connectivity index (χ4n) is 2.27.